The van der Waals surface area contributed by atoms with E-state index in [1.807, 2.05) is 0 Å². The number of hydrogen-bond donors (Lipinski definition) is 2. The molecule has 0 bridgehead atoms. The average molecular weight is 805 g/mol. The lowest BCUT2D eigenvalue weighted by Crippen LogP contribution is -3.00. The molecule has 7 nitrogen and oxygen atoms in total. The van der Waals surface area contributed by atoms with Crippen LogP contribution >= 0.6 is 0 Å². The van der Waals surface area contributed by atoms with E-state index in [1.165, 1.54) is 116 Å². The zero-order chi connectivity index (χ0) is 38.1. The van der Waals surface area contributed by atoms with Crippen LogP contribution in [0.4, 0.5) is 0 Å². The van der Waals surface area contributed by atoms with Crippen molar-refractivity contribution in [3.63, 3.8) is 0 Å². The summed E-state index contributed by atoms with van der Waals surface area (Å²) in [5.74, 6) is -0.607. The number of aliphatic hydroxyl groups is 2. The van der Waals surface area contributed by atoms with Gasteiger partial charge < -0.3 is 41.2 Å². The van der Waals surface area contributed by atoms with Gasteiger partial charge in [-0.1, -0.05) is 141 Å². The van der Waals surface area contributed by atoms with Crippen molar-refractivity contribution < 1.29 is 50.7 Å². The van der Waals surface area contributed by atoms with Crippen molar-refractivity contribution >= 4 is 11.9 Å². The summed E-state index contributed by atoms with van der Waals surface area (Å²) < 4.78 is 11.4. The highest BCUT2D eigenvalue weighted by Crippen LogP contribution is 2.12. The number of hydrogen-bond acceptors (Lipinski definition) is 6. The van der Waals surface area contributed by atoms with E-state index in [0.717, 1.165) is 62.4 Å². The fraction of sp³-hybridized carbons (Fsp3) is 0.864. The predicted molar refractivity (Wildman–Crippen MR) is 217 cm³/mol. The van der Waals surface area contributed by atoms with Crippen LogP contribution in [0, 0.1) is 0 Å². The summed E-state index contributed by atoms with van der Waals surface area (Å²) in [6, 6.07) is 0. The van der Waals surface area contributed by atoms with Crippen molar-refractivity contribution in [2.45, 2.75) is 200 Å². The van der Waals surface area contributed by atoms with Crippen molar-refractivity contribution in [1.82, 2.24) is 0 Å². The van der Waals surface area contributed by atoms with Crippen LogP contribution in [-0.4, -0.2) is 80.2 Å². The monoisotopic (exact) mass is 804 g/mol. The van der Waals surface area contributed by atoms with Gasteiger partial charge in [0.15, 0.2) is 6.10 Å². The number of halogens is 1. The van der Waals surface area contributed by atoms with Gasteiger partial charge in [0.2, 0.25) is 0 Å². The number of esters is 2. The lowest BCUT2D eigenvalue weighted by atomic mass is 10.1. The van der Waals surface area contributed by atoms with E-state index in [2.05, 4.69) is 59.3 Å². The summed E-state index contributed by atoms with van der Waals surface area (Å²) in [6.45, 7) is 5.23. The normalized spacial score (nSPS) is 12.1. The largest absolute Gasteiger partial charge is 1.00 e. The Labute approximate surface area is 333 Å². The van der Waals surface area contributed by atoms with Crippen molar-refractivity contribution in [1.29, 1.82) is 0 Å². The minimum absolute atomic E-state index is 0. The summed E-state index contributed by atoms with van der Waals surface area (Å²) in [4.78, 5) is 24.2. The minimum Gasteiger partial charge on any atom is -1.00 e. The number of likely N-dealkylation sites (N-methyl/N-ethyl adjacent to an activating group) is 1. The Morgan fingerprint density at radius 3 is 1.21 bits per heavy atom. The topological polar surface area (TPSA) is 93.1 Å². The molecule has 1 atom stereocenters. The summed E-state index contributed by atoms with van der Waals surface area (Å²) in [5, 5.41) is 17.9. The molecular weight excluding hydrogens is 718 g/mol. The van der Waals surface area contributed by atoms with Crippen LogP contribution in [0.1, 0.15) is 194 Å². The maximum Gasteiger partial charge on any atom is 0.306 e. The van der Waals surface area contributed by atoms with Crippen LogP contribution in [0.5, 0.6) is 0 Å². The molecule has 0 saturated carbocycles. The molecule has 0 aliphatic rings. The van der Waals surface area contributed by atoms with Crippen molar-refractivity contribution in [3.05, 3.63) is 24.3 Å². The van der Waals surface area contributed by atoms with Crippen LogP contribution in [-0.2, 0) is 19.1 Å². The third-order valence-electron chi connectivity index (χ3n) is 8.99. The van der Waals surface area contributed by atoms with Gasteiger partial charge in [0, 0.05) is 12.8 Å². The summed E-state index contributed by atoms with van der Waals surface area (Å²) in [7, 11) is 6.16. The fourth-order valence-electron chi connectivity index (χ4n) is 5.61. The van der Waals surface area contributed by atoms with E-state index in [9.17, 15) is 14.7 Å². The molecule has 0 aliphatic carbocycles. The number of ether oxygens (including phenoxy) is 2. The Bertz CT molecular complexity index is 798. The Kier molecular flexibility index (Phi) is 46.8. The second kappa shape index (κ2) is 44.2. The van der Waals surface area contributed by atoms with Crippen molar-refractivity contribution in [3.8, 4) is 0 Å². The minimum atomic E-state index is -0.774. The first-order valence-corrected chi connectivity index (χ1v) is 21.4. The van der Waals surface area contributed by atoms with E-state index in [-0.39, 0.29) is 48.7 Å². The Hall–Kier alpha value is -1.22. The van der Waals surface area contributed by atoms with Crippen LogP contribution in [0.2, 0.25) is 0 Å². The van der Waals surface area contributed by atoms with Gasteiger partial charge in [-0.25, -0.2) is 0 Å². The summed E-state index contributed by atoms with van der Waals surface area (Å²) >= 11 is 0. The molecule has 2 N–H and O–H groups in total. The standard InChI is InChI=1S/C39H72O5.C5H14NO.BrH/c1-3-5-7-9-11-13-15-17-19-21-23-25-27-29-31-33-38(41)43-36-37(35-40)44-39(42)34-32-30-28-26-24-22-20-18-16-14-12-10-8-6-4-2;1-6(2,3)4-5-7;/h17-20,37,40H,3-16,21-36H2,1-2H3;7H,4-5H2,1-3H3;1H/q;+1;/p-1/b19-17-,20-18-;;/t37-;;/m0../s1. The molecule has 310 valence electrons. The van der Waals surface area contributed by atoms with Gasteiger partial charge in [0.25, 0.3) is 0 Å². The quantitative estimate of drug-likeness (QED) is 0.0287. The number of quaternary nitrogens is 1. The molecule has 0 aliphatic heterocycles. The molecule has 0 spiro atoms. The van der Waals surface area contributed by atoms with Gasteiger partial charge in [-0.3, -0.25) is 9.59 Å². The Morgan fingerprint density at radius 1 is 0.538 bits per heavy atom. The summed E-state index contributed by atoms with van der Waals surface area (Å²) in [6.07, 6.45) is 40.9. The maximum atomic E-state index is 12.1. The molecule has 0 saturated heterocycles. The molecule has 0 aromatic rings. The second-order valence-electron chi connectivity index (χ2n) is 15.4. The number of aliphatic hydroxyl groups excluding tert-OH is 2. The Balaban J connectivity index is -0.00000270. The van der Waals surface area contributed by atoms with Crippen LogP contribution in [0.15, 0.2) is 24.3 Å². The van der Waals surface area contributed by atoms with Gasteiger partial charge in [-0.05, 0) is 64.2 Å². The van der Waals surface area contributed by atoms with Gasteiger partial charge in [-0.15, -0.1) is 0 Å². The summed E-state index contributed by atoms with van der Waals surface area (Å²) in [5.41, 5.74) is 0. The first-order chi connectivity index (χ1) is 24.7. The van der Waals surface area contributed by atoms with Crippen molar-refractivity contribution in [2.24, 2.45) is 0 Å². The SMILES string of the molecule is CCCCCCCC/C=C\CCCCCCCC(=O)OC[C@H](CO)OC(=O)CCCCCCC/C=C\CCCCCCCC.C[N+](C)(C)CCO.[Br-]. The molecule has 0 heterocycles. The second-order valence-corrected chi connectivity index (χ2v) is 15.4. The molecule has 0 fully saturated rings. The van der Waals surface area contributed by atoms with Gasteiger partial charge in [0.1, 0.15) is 13.2 Å². The first kappa shape index (κ1) is 55.1. The average Bonchev–Trinajstić information content (AvgIpc) is 3.09. The van der Waals surface area contributed by atoms with E-state index in [0.29, 0.717) is 12.8 Å². The molecule has 8 heteroatoms. The predicted octanol–water partition coefficient (Wildman–Crippen LogP) is 8.20. The highest BCUT2D eigenvalue weighted by molar-refractivity contribution is 5.70. The van der Waals surface area contributed by atoms with Gasteiger partial charge in [0.05, 0.1) is 34.4 Å². The lowest BCUT2D eigenvalue weighted by Gasteiger charge is -2.21. The van der Waals surface area contributed by atoms with Gasteiger partial charge in [-0.2, -0.15) is 0 Å². The molecular formula is C44H86BrNO6. The number of allylic oxidation sites excluding steroid dienone is 4. The van der Waals surface area contributed by atoms with Crippen LogP contribution < -0.4 is 17.0 Å². The Morgan fingerprint density at radius 2 is 0.885 bits per heavy atom. The smallest absolute Gasteiger partial charge is 0.306 e. The molecule has 0 aromatic heterocycles. The molecule has 0 amide bonds. The molecule has 52 heavy (non-hydrogen) atoms. The highest BCUT2D eigenvalue weighted by Gasteiger charge is 2.16. The number of unbranched alkanes of at least 4 members (excludes halogenated alkanes) is 22. The third kappa shape index (κ3) is 48.8. The van der Waals surface area contributed by atoms with E-state index in [1.54, 1.807) is 0 Å². The highest BCUT2D eigenvalue weighted by atomic mass is 79.9. The number of carbonyl (C=O) groups excluding carboxylic acids is 2. The fourth-order valence-corrected chi connectivity index (χ4v) is 5.61. The number of nitrogens with zero attached hydrogens (tertiary/aromatic N) is 1. The first-order valence-electron chi connectivity index (χ1n) is 21.4. The van der Waals surface area contributed by atoms with Gasteiger partial charge >= 0.3 is 11.9 Å². The molecule has 0 radical (unpaired) electrons. The van der Waals surface area contributed by atoms with Crippen LogP contribution in [0.25, 0.3) is 0 Å². The zero-order valence-corrected chi connectivity index (χ0v) is 36.5. The van der Waals surface area contributed by atoms with Crippen LogP contribution in [0.3, 0.4) is 0 Å². The molecule has 0 aromatic carbocycles. The lowest BCUT2D eigenvalue weighted by molar-refractivity contribution is -0.870. The van der Waals surface area contributed by atoms with E-state index in [4.69, 9.17) is 14.6 Å². The number of carbonyl (C=O) groups is 2. The zero-order valence-electron chi connectivity index (χ0n) is 34.9. The molecule has 0 unspecified atom stereocenters. The molecule has 0 rings (SSSR count). The maximum absolute atomic E-state index is 12.1. The number of rotatable bonds is 36. The third-order valence-corrected chi connectivity index (χ3v) is 8.99. The van der Waals surface area contributed by atoms with Crippen molar-refractivity contribution in [2.75, 3.05) is 47.5 Å². The van der Waals surface area contributed by atoms with E-state index >= 15 is 0 Å². The van der Waals surface area contributed by atoms with E-state index < -0.39 is 6.10 Å².